The predicted octanol–water partition coefficient (Wildman–Crippen LogP) is 1.29. The van der Waals surface area contributed by atoms with Crippen molar-refractivity contribution in [2.24, 2.45) is 0 Å². The van der Waals surface area contributed by atoms with Crippen molar-refractivity contribution < 1.29 is 5.21 Å². The summed E-state index contributed by atoms with van der Waals surface area (Å²) in [5.74, 6) is 1.28. The van der Waals surface area contributed by atoms with Crippen LogP contribution in [-0.4, -0.2) is 28.0 Å². The molecule has 2 N–H and O–H groups in total. The smallest absolute Gasteiger partial charge is 0.166 e. The molecule has 1 aliphatic rings. The van der Waals surface area contributed by atoms with Gasteiger partial charge in [-0.15, -0.1) is 0 Å². The maximum Gasteiger partial charge on any atom is 0.166 e. The lowest BCUT2D eigenvalue weighted by atomic mass is 10.2. The second-order valence-electron chi connectivity index (χ2n) is 4.26. The fourth-order valence-electron chi connectivity index (χ4n) is 2.06. The fraction of sp³-hybridized carbons (Fsp3) is 0.636. The Kier molecular flexibility index (Phi) is 3.12. The topological polar surface area (TPSA) is 65.1 Å². The highest BCUT2D eigenvalue weighted by Gasteiger charge is 2.12. The summed E-state index contributed by atoms with van der Waals surface area (Å²) in [4.78, 5) is 6.52. The van der Waals surface area contributed by atoms with E-state index in [1.165, 1.54) is 25.7 Å². The van der Waals surface area contributed by atoms with Crippen LogP contribution in [0, 0.1) is 12.3 Å². The van der Waals surface area contributed by atoms with Crippen molar-refractivity contribution in [2.75, 3.05) is 18.0 Å². The molecule has 16 heavy (non-hydrogen) atoms. The van der Waals surface area contributed by atoms with Gasteiger partial charge in [-0.3, -0.25) is 5.41 Å². The molecule has 5 nitrogen and oxygen atoms in total. The van der Waals surface area contributed by atoms with Crippen molar-refractivity contribution >= 4 is 5.82 Å². The van der Waals surface area contributed by atoms with Gasteiger partial charge in [0.25, 0.3) is 0 Å². The van der Waals surface area contributed by atoms with Gasteiger partial charge in [-0.1, -0.05) is 12.8 Å². The van der Waals surface area contributed by atoms with Crippen molar-refractivity contribution in [1.29, 1.82) is 5.41 Å². The summed E-state index contributed by atoms with van der Waals surface area (Å²) in [6, 6.07) is 1.62. The van der Waals surface area contributed by atoms with E-state index in [1.807, 2.05) is 0 Å². The molecule has 0 atom stereocenters. The number of hydrogen-bond acceptors (Lipinski definition) is 4. The largest absolute Gasteiger partial charge is 0.425 e. The van der Waals surface area contributed by atoms with Crippen molar-refractivity contribution in [3.8, 4) is 0 Å². The van der Waals surface area contributed by atoms with Crippen LogP contribution in [0.5, 0.6) is 0 Å². The molecule has 1 aromatic rings. The lowest BCUT2D eigenvalue weighted by Gasteiger charge is -2.21. The molecule has 2 rings (SSSR count). The van der Waals surface area contributed by atoms with E-state index in [1.54, 1.807) is 13.0 Å². The average molecular weight is 222 g/mol. The van der Waals surface area contributed by atoms with E-state index in [2.05, 4.69) is 9.88 Å². The standard InChI is InChI=1S/C11H18N4O/c1-9-13-11(8-10(12)15(9)16)14-6-4-2-3-5-7-14/h8,12,16H,2-7H2,1H3. The van der Waals surface area contributed by atoms with Crippen LogP contribution >= 0.6 is 0 Å². The van der Waals surface area contributed by atoms with E-state index < -0.39 is 0 Å². The quantitative estimate of drug-likeness (QED) is 0.704. The number of nitrogens with zero attached hydrogens (tertiary/aromatic N) is 3. The second-order valence-corrected chi connectivity index (χ2v) is 4.26. The molecule has 0 spiro atoms. The van der Waals surface area contributed by atoms with Gasteiger partial charge in [0.1, 0.15) is 11.6 Å². The Balaban J connectivity index is 2.28. The van der Waals surface area contributed by atoms with Crippen LogP contribution in [-0.2, 0) is 0 Å². The number of anilines is 1. The van der Waals surface area contributed by atoms with Gasteiger partial charge in [-0.2, -0.15) is 4.73 Å². The Morgan fingerprint density at radius 3 is 2.44 bits per heavy atom. The zero-order chi connectivity index (χ0) is 11.5. The van der Waals surface area contributed by atoms with Crippen LogP contribution in [0.3, 0.4) is 0 Å². The molecular formula is C11H18N4O. The second kappa shape index (κ2) is 4.55. The Hall–Kier alpha value is -1.52. The van der Waals surface area contributed by atoms with Gasteiger partial charge in [0, 0.05) is 19.2 Å². The highest BCUT2D eigenvalue weighted by atomic mass is 16.5. The highest BCUT2D eigenvalue weighted by molar-refractivity contribution is 5.37. The molecule has 0 amide bonds. The molecule has 1 aliphatic heterocycles. The first-order chi connectivity index (χ1) is 7.68. The van der Waals surface area contributed by atoms with E-state index in [-0.39, 0.29) is 5.49 Å². The zero-order valence-corrected chi connectivity index (χ0v) is 9.61. The summed E-state index contributed by atoms with van der Waals surface area (Å²) in [6.07, 6.45) is 4.91. The van der Waals surface area contributed by atoms with Crippen LogP contribution in [0.25, 0.3) is 0 Å². The minimum atomic E-state index is 0.0896. The molecule has 5 heteroatoms. The molecule has 1 aromatic heterocycles. The summed E-state index contributed by atoms with van der Waals surface area (Å²) < 4.78 is 0.807. The summed E-state index contributed by atoms with van der Waals surface area (Å²) in [6.45, 7) is 3.71. The fourth-order valence-corrected chi connectivity index (χ4v) is 2.06. The normalized spacial score (nSPS) is 17.2. The van der Waals surface area contributed by atoms with Gasteiger partial charge < -0.3 is 10.1 Å². The van der Waals surface area contributed by atoms with E-state index >= 15 is 0 Å². The Morgan fingerprint density at radius 1 is 1.25 bits per heavy atom. The highest BCUT2D eigenvalue weighted by Crippen LogP contribution is 2.15. The van der Waals surface area contributed by atoms with E-state index in [4.69, 9.17) is 5.41 Å². The minimum Gasteiger partial charge on any atom is -0.425 e. The molecule has 0 bridgehead atoms. The van der Waals surface area contributed by atoms with Gasteiger partial charge in [0.2, 0.25) is 0 Å². The van der Waals surface area contributed by atoms with Crippen LogP contribution in [0.1, 0.15) is 31.5 Å². The van der Waals surface area contributed by atoms with Crippen molar-refractivity contribution in [1.82, 2.24) is 9.71 Å². The lowest BCUT2D eigenvalue weighted by Crippen LogP contribution is -2.29. The van der Waals surface area contributed by atoms with Crippen molar-refractivity contribution in [2.45, 2.75) is 32.6 Å². The molecule has 0 saturated carbocycles. The number of nitrogens with one attached hydrogen (secondary N) is 1. The zero-order valence-electron chi connectivity index (χ0n) is 9.61. The monoisotopic (exact) mass is 222 g/mol. The predicted molar refractivity (Wildman–Crippen MR) is 60.7 cm³/mol. The van der Waals surface area contributed by atoms with Crippen LogP contribution in [0.15, 0.2) is 6.07 Å². The van der Waals surface area contributed by atoms with Gasteiger partial charge in [0.05, 0.1) is 0 Å². The number of rotatable bonds is 1. The molecular weight excluding hydrogens is 204 g/mol. The van der Waals surface area contributed by atoms with Gasteiger partial charge in [0.15, 0.2) is 5.49 Å². The third-order valence-electron chi connectivity index (χ3n) is 3.01. The summed E-state index contributed by atoms with van der Waals surface area (Å²) in [5, 5.41) is 17.1. The van der Waals surface area contributed by atoms with Gasteiger partial charge in [-0.25, -0.2) is 4.98 Å². The Morgan fingerprint density at radius 2 is 1.88 bits per heavy atom. The van der Waals surface area contributed by atoms with Gasteiger partial charge in [-0.05, 0) is 19.8 Å². The van der Waals surface area contributed by atoms with E-state index in [0.717, 1.165) is 23.6 Å². The summed E-state index contributed by atoms with van der Waals surface area (Å²) in [5.41, 5.74) is 0.0896. The molecule has 2 heterocycles. The first kappa shape index (κ1) is 11.0. The molecule has 1 fully saturated rings. The number of aryl methyl sites for hydroxylation is 1. The van der Waals surface area contributed by atoms with Crippen molar-refractivity contribution in [3.63, 3.8) is 0 Å². The minimum absolute atomic E-state index is 0.0896. The maximum atomic E-state index is 9.43. The third-order valence-corrected chi connectivity index (χ3v) is 3.01. The first-order valence-electron chi connectivity index (χ1n) is 5.78. The van der Waals surface area contributed by atoms with Crippen LogP contribution < -0.4 is 10.4 Å². The number of hydrogen-bond donors (Lipinski definition) is 2. The Labute approximate surface area is 94.8 Å². The molecule has 0 radical (unpaired) electrons. The molecule has 88 valence electrons. The Bertz CT molecular complexity index is 418. The average Bonchev–Trinajstić information content (AvgIpc) is 2.53. The molecule has 0 aliphatic carbocycles. The van der Waals surface area contributed by atoms with Crippen molar-refractivity contribution in [3.05, 3.63) is 17.4 Å². The number of aromatic nitrogens is 2. The molecule has 0 aromatic carbocycles. The van der Waals surface area contributed by atoms with Crippen LogP contribution in [0.4, 0.5) is 5.82 Å². The third kappa shape index (κ3) is 2.18. The van der Waals surface area contributed by atoms with Crippen LogP contribution in [0.2, 0.25) is 0 Å². The first-order valence-corrected chi connectivity index (χ1v) is 5.78. The van der Waals surface area contributed by atoms with Gasteiger partial charge >= 0.3 is 0 Å². The molecule has 1 saturated heterocycles. The van der Waals surface area contributed by atoms with E-state index in [9.17, 15) is 5.21 Å². The summed E-state index contributed by atoms with van der Waals surface area (Å²) in [7, 11) is 0. The summed E-state index contributed by atoms with van der Waals surface area (Å²) >= 11 is 0. The van der Waals surface area contributed by atoms with E-state index in [0.29, 0.717) is 5.82 Å². The SMILES string of the molecule is Cc1nc(N2CCCCCC2)cc(=N)n1O. The molecule has 0 unspecified atom stereocenters. The lowest BCUT2D eigenvalue weighted by molar-refractivity contribution is 0.159. The maximum absolute atomic E-state index is 9.43.